The van der Waals surface area contributed by atoms with E-state index in [0.29, 0.717) is 50.7 Å². The molecular weight excluding hydrogens is 486 g/mol. The van der Waals surface area contributed by atoms with E-state index in [4.69, 9.17) is 21.3 Å². The van der Waals surface area contributed by atoms with E-state index in [1.54, 1.807) is 25.0 Å². The molecule has 3 aromatic heterocycles. The fourth-order valence-electron chi connectivity index (χ4n) is 4.83. The van der Waals surface area contributed by atoms with Crippen molar-refractivity contribution in [2.45, 2.75) is 32.8 Å². The molecule has 2 aromatic carbocycles. The summed E-state index contributed by atoms with van der Waals surface area (Å²) in [6.45, 7) is 5.86. The van der Waals surface area contributed by atoms with Gasteiger partial charge in [-0.3, -0.25) is 4.98 Å². The monoisotopic (exact) mass is 513 g/mol. The fraction of sp³-hybridized carbons (Fsp3) is 0.241. The summed E-state index contributed by atoms with van der Waals surface area (Å²) < 4.78 is 7.20. The van der Waals surface area contributed by atoms with Crippen LogP contribution >= 0.6 is 11.6 Å². The summed E-state index contributed by atoms with van der Waals surface area (Å²) in [4.78, 5) is 9.35. The third-order valence-corrected chi connectivity index (χ3v) is 7.22. The number of nitrogens with zero attached hydrogens (tertiary/aromatic N) is 5. The minimum atomic E-state index is -1.57. The lowest BCUT2D eigenvalue weighted by Gasteiger charge is -2.30. The smallest absolute Gasteiger partial charge is 0.218 e. The van der Waals surface area contributed by atoms with Crippen molar-refractivity contribution in [2.75, 3.05) is 7.11 Å². The molecule has 1 unspecified atom stereocenters. The summed E-state index contributed by atoms with van der Waals surface area (Å²) >= 11 is 7.04. The molecule has 0 aliphatic heterocycles. The molecule has 188 valence electrons. The Morgan fingerprint density at radius 2 is 1.76 bits per heavy atom. The van der Waals surface area contributed by atoms with Gasteiger partial charge in [-0.15, -0.1) is 5.10 Å². The number of ether oxygens (including phenoxy) is 1. The van der Waals surface area contributed by atoms with Crippen molar-refractivity contribution in [1.29, 1.82) is 0 Å². The van der Waals surface area contributed by atoms with Gasteiger partial charge in [0, 0.05) is 41.4 Å². The van der Waals surface area contributed by atoms with Gasteiger partial charge in [0.15, 0.2) is 5.60 Å². The molecule has 1 N–H and O–H groups in total. The van der Waals surface area contributed by atoms with Crippen LogP contribution in [0.4, 0.5) is 0 Å². The van der Waals surface area contributed by atoms with Crippen LogP contribution in [0, 0.1) is 20.8 Å². The van der Waals surface area contributed by atoms with E-state index in [1.165, 1.54) is 5.56 Å². The van der Waals surface area contributed by atoms with Crippen molar-refractivity contribution in [1.82, 2.24) is 25.0 Å². The number of benzene rings is 2. The normalized spacial score (nSPS) is 13.1. The van der Waals surface area contributed by atoms with Crippen molar-refractivity contribution >= 4 is 22.5 Å². The van der Waals surface area contributed by atoms with E-state index >= 15 is 0 Å². The number of aliphatic hydroxyl groups is 1. The molecule has 5 aromatic rings. The van der Waals surface area contributed by atoms with Gasteiger partial charge in [0.05, 0.1) is 29.5 Å². The van der Waals surface area contributed by atoms with Crippen LogP contribution in [-0.4, -0.2) is 37.2 Å². The van der Waals surface area contributed by atoms with Gasteiger partial charge >= 0.3 is 0 Å². The van der Waals surface area contributed by atoms with E-state index in [1.807, 2.05) is 44.2 Å². The van der Waals surface area contributed by atoms with E-state index in [0.717, 1.165) is 16.8 Å². The Hall–Kier alpha value is -3.81. The first-order valence-corrected chi connectivity index (χ1v) is 12.3. The van der Waals surface area contributed by atoms with Crippen LogP contribution in [0.1, 0.15) is 44.9 Å². The Labute approximate surface area is 220 Å². The predicted octanol–water partition coefficient (Wildman–Crippen LogP) is 5.22. The third kappa shape index (κ3) is 4.34. The van der Waals surface area contributed by atoms with Crippen LogP contribution in [0.5, 0.6) is 5.88 Å². The minimum Gasteiger partial charge on any atom is -0.481 e. The Balaban J connectivity index is 1.73. The summed E-state index contributed by atoms with van der Waals surface area (Å²) in [7, 11) is 3.35. The van der Waals surface area contributed by atoms with Gasteiger partial charge in [-0.1, -0.05) is 58.8 Å². The van der Waals surface area contributed by atoms with Crippen LogP contribution in [0.25, 0.3) is 10.9 Å². The molecule has 1 atom stereocenters. The van der Waals surface area contributed by atoms with Gasteiger partial charge in [-0.2, -0.15) is 0 Å². The van der Waals surface area contributed by atoms with Gasteiger partial charge in [-0.05, 0) is 50.1 Å². The van der Waals surface area contributed by atoms with E-state index in [2.05, 4.69) is 46.5 Å². The highest BCUT2D eigenvalue weighted by atomic mass is 35.5. The number of fused-ring (bicyclic) bond motifs is 1. The van der Waals surface area contributed by atoms with Crippen LogP contribution in [-0.2, 0) is 19.1 Å². The maximum absolute atomic E-state index is 12.4. The summed E-state index contributed by atoms with van der Waals surface area (Å²) in [5.74, 6) is 0.482. The molecule has 0 fully saturated rings. The quantitative estimate of drug-likeness (QED) is 0.335. The number of pyridine rings is 2. The number of aryl methyl sites for hydroxylation is 4. The maximum atomic E-state index is 12.4. The zero-order valence-corrected chi connectivity index (χ0v) is 22.2. The molecule has 0 aliphatic rings. The molecule has 0 radical (unpaired) electrons. The van der Waals surface area contributed by atoms with Crippen LogP contribution in [0.2, 0.25) is 5.02 Å². The third-order valence-electron chi connectivity index (χ3n) is 6.79. The van der Waals surface area contributed by atoms with Crippen LogP contribution in [0.3, 0.4) is 0 Å². The van der Waals surface area contributed by atoms with Crippen molar-refractivity contribution in [2.24, 2.45) is 7.05 Å². The van der Waals surface area contributed by atoms with E-state index in [-0.39, 0.29) is 0 Å². The number of hydrogen-bond acceptors (Lipinski definition) is 6. The number of halogens is 1. The molecule has 0 bridgehead atoms. The number of methoxy groups -OCH3 is 1. The van der Waals surface area contributed by atoms with Gasteiger partial charge < -0.3 is 9.84 Å². The van der Waals surface area contributed by atoms with Gasteiger partial charge in [0.25, 0.3) is 0 Å². The first kappa shape index (κ1) is 24.9. The number of aromatic nitrogens is 5. The van der Waals surface area contributed by atoms with Crippen molar-refractivity contribution in [3.63, 3.8) is 0 Å². The minimum absolute atomic E-state index is 0.482. The summed E-state index contributed by atoms with van der Waals surface area (Å²) in [5, 5.41) is 21.8. The largest absolute Gasteiger partial charge is 0.481 e. The number of rotatable bonds is 6. The fourth-order valence-corrected chi connectivity index (χ4v) is 5.13. The lowest BCUT2D eigenvalue weighted by Crippen LogP contribution is -2.32. The summed E-state index contributed by atoms with van der Waals surface area (Å²) in [6.07, 6.45) is 2.13. The SMILES string of the molecule is COc1nc2ccc(C(O)(c3ccc(C)nc3C)c3cnnn3C)cc2c(Cl)c1Cc1ccc(C)cc1. The van der Waals surface area contributed by atoms with Crippen LogP contribution < -0.4 is 4.74 Å². The second-order valence-electron chi connectivity index (χ2n) is 9.35. The topological polar surface area (TPSA) is 85.9 Å². The Morgan fingerprint density at radius 3 is 2.41 bits per heavy atom. The second kappa shape index (κ2) is 9.57. The Kier molecular flexibility index (Phi) is 6.43. The Bertz CT molecular complexity index is 1610. The number of hydrogen-bond donors (Lipinski definition) is 1. The highest BCUT2D eigenvalue weighted by molar-refractivity contribution is 6.36. The van der Waals surface area contributed by atoms with Gasteiger partial charge in [0.2, 0.25) is 5.88 Å². The standard InChI is InChI=1S/C29H28ClN5O2/c1-17-6-9-20(10-7-17)14-23-27(30)22-15-21(11-13-25(22)33-28(23)37-5)29(36,26-16-31-34-35(26)4)24-12-8-18(2)32-19(24)3/h6-13,15-16,36H,14H2,1-5H3. The first-order valence-electron chi connectivity index (χ1n) is 12.0. The molecule has 0 spiro atoms. The first-order chi connectivity index (χ1) is 17.7. The highest BCUT2D eigenvalue weighted by Crippen LogP contribution is 2.41. The van der Waals surface area contributed by atoms with E-state index in [9.17, 15) is 5.11 Å². The average Bonchev–Trinajstić information content (AvgIpc) is 3.32. The zero-order valence-electron chi connectivity index (χ0n) is 21.5. The lowest BCUT2D eigenvalue weighted by molar-refractivity contribution is 0.115. The van der Waals surface area contributed by atoms with Crippen LogP contribution in [0.15, 0.2) is 60.8 Å². The molecule has 0 saturated heterocycles. The second-order valence-corrected chi connectivity index (χ2v) is 9.72. The summed E-state index contributed by atoms with van der Waals surface area (Å²) in [5.41, 5.74) is 5.51. The average molecular weight is 514 g/mol. The molecule has 8 heteroatoms. The lowest BCUT2D eigenvalue weighted by atomic mass is 9.82. The maximum Gasteiger partial charge on any atom is 0.218 e. The van der Waals surface area contributed by atoms with Crippen molar-refractivity contribution in [3.05, 3.63) is 111 Å². The van der Waals surface area contributed by atoms with Crippen molar-refractivity contribution < 1.29 is 9.84 Å². The molecule has 37 heavy (non-hydrogen) atoms. The molecule has 5 rings (SSSR count). The molecule has 7 nitrogen and oxygen atoms in total. The van der Waals surface area contributed by atoms with E-state index < -0.39 is 5.60 Å². The van der Waals surface area contributed by atoms with Gasteiger partial charge in [0.1, 0.15) is 0 Å². The zero-order chi connectivity index (χ0) is 26.3. The van der Waals surface area contributed by atoms with Gasteiger partial charge in [-0.25, -0.2) is 9.67 Å². The molecule has 0 aliphatic carbocycles. The molecule has 0 amide bonds. The molecule has 3 heterocycles. The summed E-state index contributed by atoms with van der Waals surface area (Å²) in [6, 6.07) is 17.7. The highest BCUT2D eigenvalue weighted by Gasteiger charge is 2.39. The molecule has 0 saturated carbocycles. The predicted molar refractivity (Wildman–Crippen MR) is 144 cm³/mol. The molecular formula is C29H28ClN5O2. The Morgan fingerprint density at radius 1 is 1.00 bits per heavy atom. The van der Waals surface area contributed by atoms with Crippen molar-refractivity contribution in [3.8, 4) is 5.88 Å².